The number of pyridine rings is 1. The third-order valence-electron chi connectivity index (χ3n) is 8.75. The molecule has 2 aromatic carbocycles. The number of aliphatic hydroxyl groups excluding tert-OH is 1. The van der Waals surface area contributed by atoms with E-state index in [4.69, 9.17) is 0 Å². The summed E-state index contributed by atoms with van der Waals surface area (Å²) >= 11 is 0. The third-order valence-corrected chi connectivity index (χ3v) is 8.75. The van der Waals surface area contributed by atoms with Gasteiger partial charge in [0, 0.05) is 42.2 Å². The fourth-order valence-corrected chi connectivity index (χ4v) is 6.28. The Kier molecular flexibility index (Phi) is 7.26. The van der Waals surface area contributed by atoms with Crippen LogP contribution >= 0.6 is 0 Å². The number of hydrogen-bond acceptors (Lipinski definition) is 8. The van der Waals surface area contributed by atoms with Crippen molar-refractivity contribution in [3.8, 4) is 11.4 Å². The van der Waals surface area contributed by atoms with Crippen molar-refractivity contribution in [3.05, 3.63) is 77.3 Å². The molecule has 43 heavy (non-hydrogen) atoms. The Morgan fingerprint density at radius 2 is 1.88 bits per heavy atom. The normalized spacial score (nSPS) is 24.7. The van der Waals surface area contributed by atoms with Crippen LogP contribution < -0.4 is 5.32 Å². The topological polar surface area (TPSA) is 125 Å². The fraction of sp³-hybridized carbons (Fsp3) is 0.419. The van der Waals surface area contributed by atoms with Crippen LogP contribution in [0.15, 0.2) is 59.3 Å². The summed E-state index contributed by atoms with van der Waals surface area (Å²) in [6, 6.07) is 14.7. The molecule has 4 heterocycles. The molecule has 0 aliphatic carbocycles. The molecule has 3 N–H and O–H groups in total. The standard InChI is InChI=1S/C31H32F3N5O4/c1-29(2)17-39(16-18-3-5-19(6-4-18)26-37-28(43-38-26)31(32,33)34)12-11-30(29,42)22-7-9-24-20(14-22)13-21(15-35-24)23-8-10-25(40)36-27(23)41/h3-7,9,13-15,23,25,40,42H,8,10-12,16-17H2,1-2H3,(H,36,41)/t23?,25?,30-/m0/s1. The lowest BCUT2D eigenvalue weighted by Crippen LogP contribution is -2.55. The number of alkyl halides is 3. The second-order valence-corrected chi connectivity index (χ2v) is 12.2. The van der Waals surface area contributed by atoms with E-state index in [1.165, 1.54) is 0 Å². The zero-order valence-corrected chi connectivity index (χ0v) is 23.7. The number of aliphatic hydroxyl groups is 2. The van der Waals surface area contributed by atoms with Crippen molar-refractivity contribution in [2.45, 2.75) is 63.6 Å². The first-order valence-corrected chi connectivity index (χ1v) is 14.2. The highest BCUT2D eigenvalue weighted by molar-refractivity contribution is 5.87. The van der Waals surface area contributed by atoms with Gasteiger partial charge in [0.15, 0.2) is 0 Å². The van der Waals surface area contributed by atoms with Gasteiger partial charge in [-0.15, -0.1) is 0 Å². The second kappa shape index (κ2) is 10.7. The number of piperidine rings is 2. The first-order chi connectivity index (χ1) is 20.3. The number of amides is 1. The van der Waals surface area contributed by atoms with Crippen molar-refractivity contribution in [2.75, 3.05) is 13.1 Å². The number of rotatable bonds is 5. The molecular formula is C31H32F3N5O4. The number of nitrogens with one attached hydrogen (secondary N) is 1. The van der Waals surface area contributed by atoms with Crippen LogP contribution in [0.5, 0.6) is 0 Å². The van der Waals surface area contributed by atoms with Gasteiger partial charge < -0.3 is 20.1 Å². The van der Waals surface area contributed by atoms with Gasteiger partial charge in [-0.05, 0) is 54.2 Å². The zero-order chi connectivity index (χ0) is 30.6. The lowest BCUT2D eigenvalue weighted by molar-refractivity contribution is -0.159. The summed E-state index contributed by atoms with van der Waals surface area (Å²) in [5.41, 5.74) is 2.08. The summed E-state index contributed by atoms with van der Waals surface area (Å²) in [5, 5.41) is 28.7. The van der Waals surface area contributed by atoms with Gasteiger partial charge in [0.05, 0.1) is 17.0 Å². The van der Waals surface area contributed by atoms with Crippen molar-refractivity contribution in [1.82, 2.24) is 25.3 Å². The summed E-state index contributed by atoms with van der Waals surface area (Å²) in [7, 11) is 0. The van der Waals surface area contributed by atoms with E-state index < -0.39 is 29.3 Å². The van der Waals surface area contributed by atoms with Gasteiger partial charge >= 0.3 is 12.1 Å². The minimum Gasteiger partial charge on any atom is -0.385 e. The second-order valence-electron chi connectivity index (χ2n) is 12.2. The average Bonchev–Trinajstić information content (AvgIpc) is 3.46. The Hall–Kier alpha value is -3.87. The molecule has 2 saturated heterocycles. The molecule has 1 amide bonds. The molecule has 2 aliphatic rings. The molecule has 0 bridgehead atoms. The lowest BCUT2D eigenvalue weighted by Gasteiger charge is -2.50. The number of benzene rings is 2. The summed E-state index contributed by atoms with van der Waals surface area (Å²) < 4.78 is 42.7. The van der Waals surface area contributed by atoms with Gasteiger partial charge in [-0.1, -0.05) is 49.3 Å². The van der Waals surface area contributed by atoms with Crippen LogP contribution in [0.4, 0.5) is 13.2 Å². The molecule has 12 heteroatoms. The van der Waals surface area contributed by atoms with Crippen LogP contribution in [0.3, 0.4) is 0 Å². The van der Waals surface area contributed by atoms with Gasteiger partial charge in [-0.3, -0.25) is 14.7 Å². The number of hydrogen-bond donors (Lipinski definition) is 3. The Balaban J connectivity index is 1.16. The van der Waals surface area contributed by atoms with E-state index in [9.17, 15) is 28.2 Å². The highest BCUT2D eigenvalue weighted by atomic mass is 19.4. The maximum atomic E-state index is 12.8. The highest BCUT2D eigenvalue weighted by Crippen LogP contribution is 2.47. The van der Waals surface area contributed by atoms with Crippen molar-refractivity contribution in [1.29, 1.82) is 0 Å². The van der Waals surface area contributed by atoms with Gasteiger partial charge in [0.1, 0.15) is 6.23 Å². The average molecular weight is 596 g/mol. The molecule has 4 aromatic rings. The molecule has 2 aromatic heterocycles. The first kappa shape index (κ1) is 29.2. The van der Waals surface area contributed by atoms with E-state index in [0.717, 1.165) is 27.6 Å². The van der Waals surface area contributed by atoms with Crippen LogP contribution in [-0.4, -0.2) is 55.5 Å². The summed E-state index contributed by atoms with van der Waals surface area (Å²) in [5.74, 6) is -2.11. The summed E-state index contributed by atoms with van der Waals surface area (Å²) in [6.45, 7) is 5.90. The number of aromatic nitrogens is 3. The Bertz CT molecular complexity index is 1660. The predicted octanol–water partition coefficient (Wildman–Crippen LogP) is 4.74. The van der Waals surface area contributed by atoms with Crippen molar-refractivity contribution < 1.29 is 32.7 Å². The largest absolute Gasteiger partial charge is 0.471 e. The van der Waals surface area contributed by atoms with Crippen molar-refractivity contribution >= 4 is 16.8 Å². The lowest BCUT2D eigenvalue weighted by atomic mass is 9.66. The Morgan fingerprint density at radius 3 is 2.56 bits per heavy atom. The van der Waals surface area contributed by atoms with Gasteiger partial charge in [-0.2, -0.15) is 18.2 Å². The molecule has 0 spiro atoms. The van der Waals surface area contributed by atoms with E-state index in [0.29, 0.717) is 44.5 Å². The smallest absolute Gasteiger partial charge is 0.385 e. The molecule has 0 radical (unpaired) electrons. The third kappa shape index (κ3) is 5.62. The van der Waals surface area contributed by atoms with Gasteiger partial charge in [0.2, 0.25) is 11.7 Å². The molecule has 2 aliphatic heterocycles. The number of fused-ring (bicyclic) bond motifs is 1. The SMILES string of the molecule is CC1(C)CN(Cc2ccc(-c3noc(C(F)(F)F)n3)cc2)CC[C@]1(O)c1ccc2ncc(C3CCC(O)NC3=O)cc2c1. The first-order valence-electron chi connectivity index (χ1n) is 14.2. The minimum atomic E-state index is -4.70. The molecule has 6 rings (SSSR count). The molecular weight excluding hydrogens is 563 g/mol. The van der Waals surface area contributed by atoms with Crippen molar-refractivity contribution in [2.24, 2.45) is 5.41 Å². The highest BCUT2D eigenvalue weighted by Gasteiger charge is 2.48. The molecule has 2 fully saturated rings. The van der Waals surface area contributed by atoms with Crippen LogP contribution in [0.1, 0.15) is 61.6 Å². The van der Waals surface area contributed by atoms with E-state index >= 15 is 0 Å². The number of nitrogens with zero attached hydrogens (tertiary/aromatic N) is 4. The van der Waals surface area contributed by atoms with Crippen LogP contribution in [0, 0.1) is 5.41 Å². The number of carbonyl (C=O) groups excluding carboxylic acids is 1. The molecule has 0 saturated carbocycles. The maximum absolute atomic E-state index is 12.8. The minimum absolute atomic E-state index is 0.124. The number of likely N-dealkylation sites (tertiary alicyclic amines) is 1. The summed E-state index contributed by atoms with van der Waals surface area (Å²) in [6.07, 6.45) is -2.31. The fourth-order valence-electron chi connectivity index (χ4n) is 6.28. The zero-order valence-electron chi connectivity index (χ0n) is 23.7. The molecule has 9 nitrogen and oxygen atoms in total. The van der Waals surface area contributed by atoms with E-state index in [1.54, 1.807) is 18.3 Å². The van der Waals surface area contributed by atoms with Crippen LogP contribution in [0.25, 0.3) is 22.3 Å². The monoisotopic (exact) mass is 595 g/mol. The predicted molar refractivity (Wildman–Crippen MR) is 150 cm³/mol. The van der Waals surface area contributed by atoms with Crippen LogP contribution in [0.2, 0.25) is 0 Å². The molecule has 226 valence electrons. The number of carbonyl (C=O) groups is 1. The summed E-state index contributed by atoms with van der Waals surface area (Å²) in [4.78, 5) is 22.7. The van der Waals surface area contributed by atoms with Crippen LogP contribution in [-0.2, 0) is 23.1 Å². The number of halogens is 3. The van der Waals surface area contributed by atoms with E-state index in [2.05, 4.69) is 29.9 Å². The maximum Gasteiger partial charge on any atom is 0.471 e. The molecule has 2 unspecified atom stereocenters. The van der Waals surface area contributed by atoms with Gasteiger partial charge in [-0.25, -0.2) is 0 Å². The van der Waals surface area contributed by atoms with E-state index in [1.807, 2.05) is 50.2 Å². The Labute approximate surface area is 245 Å². The van der Waals surface area contributed by atoms with Crippen molar-refractivity contribution in [3.63, 3.8) is 0 Å². The quantitative estimate of drug-likeness (QED) is 0.303. The van der Waals surface area contributed by atoms with Gasteiger partial charge in [0.25, 0.3) is 0 Å². The van der Waals surface area contributed by atoms with E-state index in [-0.39, 0.29) is 17.6 Å². The Morgan fingerprint density at radius 1 is 1.12 bits per heavy atom. The molecule has 3 atom stereocenters.